The fraction of sp³-hybridized carbons (Fsp3) is 0.500. The van der Waals surface area contributed by atoms with Crippen LogP contribution in [0.4, 0.5) is 0 Å². The Hall–Kier alpha value is -1.30. The van der Waals surface area contributed by atoms with Crippen molar-refractivity contribution < 1.29 is 4.11 Å². The number of aryl methyl sites for hydroxylation is 1. The Morgan fingerprint density at radius 3 is 3.00 bits per heavy atom. The van der Waals surface area contributed by atoms with E-state index in [1.165, 1.54) is 12.4 Å². The smallest absolute Gasteiger partial charge is 0.0796 e. The summed E-state index contributed by atoms with van der Waals surface area (Å²) in [6.07, 6.45) is 2.80. The second kappa shape index (κ2) is 2.39. The monoisotopic (exact) mass is 152 g/mol. The van der Waals surface area contributed by atoms with Gasteiger partial charge in [0.25, 0.3) is 0 Å². The molecule has 0 saturated heterocycles. The Bertz CT molecular complexity index is 370. The number of nitrogens with zero attached hydrogens (tertiary/aromatic N) is 3. The highest BCUT2D eigenvalue weighted by Crippen LogP contribution is 2.20. The number of hydrogen-bond donors (Lipinski definition) is 0. The molecule has 0 aromatic carbocycles. The average Bonchev–Trinajstić information content (AvgIpc) is 2.51. The van der Waals surface area contributed by atoms with Gasteiger partial charge >= 0.3 is 0 Å². The molecule has 1 rings (SSSR count). The summed E-state index contributed by atoms with van der Waals surface area (Å²) in [4.78, 5) is 0. The Morgan fingerprint density at radius 2 is 2.55 bits per heavy atom. The first-order valence-corrected chi connectivity index (χ1v) is 3.24. The summed E-state index contributed by atoms with van der Waals surface area (Å²) in [5.74, 6) is 0. The van der Waals surface area contributed by atoms with Crippen LogP contribution in [0.25, 0.3) is 0 Å². The van der Waals surface area contributed by atoms with Crippen LogP contribution in [0.3, 0.4) is 0 Å². The molecule has 58 valence electrons. The highest BCUT2D eigenvalue weighted by Gasteiger charge is 2.20. The molecule has 0 unspecified atom stereocenters. The van der Waals surface area contributed by atoms with Gasteiger partial charge in [0, 0.05) is 22.8 Å². The van der Waals surface area contributed by atoms with Crippen molar-refractivity contribution in [3.63, 3.8) is 0 Å². The van der Waals surface area contributed by atoms with E-state index >= 15 is 0 Å². The molecule has 11 heavy (non-hydrogen) atoms. The molecule has 0 N–H and O–H groups in total. The highest BCUT2D eigenvalue weighted by molar-refractivity contribution is 5.24. The zero-order valence-corrected chi connectivity index (χ0v) is 6.50. The minimum absolute atomic E-state index is 0.608. The summed E-state index contributed by atoms with van der Waals surface area (Å²) in [6.45, 7) is 1.16. The molecule has 0 spiro atoms. The summed E-state index contributed by atoms with van der Waals surface area (Å²) in [5, 5.41) is 12.5. The lowest BCUT2D eigenvalue weighted by molar-refractivity contribution is 0.684. The summed E-state index contributed by atoms with van der Waals surface area (Å²) in [5.41, 5.74) is -0.0973. The number of aromatic nitrogens is 2. The van der Waals surface area contributed by atoms with Crippen LogP contribution in [0.5, 0.6) is 0 Å². The van der Waals surface area contributed by atoms with Crippen LogP contribution in [0.2, 0.25) is 0 Å². The molecule has 0 fully saturated rings. The van der Waals surface area contributed by atoms with E-state index in [2.05, 4.69) is 11.2 Å². The van der Waals surface area contributed by atoms with Crippen molar-refractivity contribution in [1.29, 1.82) is 5.26 Å². The number of rotatable bonds is 1. The summed E-state index contributed by atoms with van der Waals surface area (Å²) < 4.78 is 22.2. The molecule has 0 atom stereocenters. The minimum Gasteiger partial charge on any atom is -0.275 e. The lowest BCUT2D eigenvalue weighted by Crippen LogP contribution is -2.12. The van der Waals surface area contributed by atoms with Crippen molar-refractivity contribution in [2.75, 3.05) is 0 Å². The maximum absolute atomic E-state index is 8.83. The summed E-state index contributed by atoms with van der Waals surface area (Å²) >= 11 is 0. The normalized spacial score (nSPS) is 16.3. The second-order valence-corrected chi connectivity index (χ2v) is 2.91. The fourth-order valence-electron chi connectivity index (χ4n) is 0.710. The highest BCUT2D eigenvalue weighted by atomic mass is 15.2. The van der Waals surface area contributed by atoms with Crippen LogP contribution in [0.1, 0.15) is 23.5 Å². The van der Waals surface area contributed by atoms with E-state index in [1.807, 2.05) is 0 Å². The topological polar surface area (TPSA) is 41.6 Å². The zero-order valence-electron chi connectivity index (χ0n) is 9.50. The van der Waals surface area contributed by atoms with Gasteiger partial charge in [0.15, 0.2) is 0 Å². The molecule has 0 saturated carbocycles. The third-order valence-corrected chi connectivity index (χ3v) is 1.58. The molecule has 0 aliphatic carbocycles. The Balaban J connectivity index is 3.08. The molecule has 1 aromatic rings. The van der Waals surface area contributed by atoms with Gasteiger partial charge in [-0.25, -0.2) is 0 Å². The van der Waals surface area contributed by atoms with Crippen LogP contribution in [0, 0.1) is 11.3 Å². The Morgan fingerprint density at radius 1 is 1.82 bits per heavy atom. The van der Waals surface area contributed by atoms with Crippen molar-refractivity contribution in [2.45, 2.75) is 19.3 Å². The lowest BCUT2D eigenvalue weighted by Gasteiger charge is -2.10. The molecule has 0 radical (unpaired) electrons. The van der Waals surface area contributed by atoms with Crippen LogP contribution in [-0.4, -0.2) is 9.78 Å². The molecule has 0 bridgehead atoms. The van der Waals surface area contributed by atoms with Gasteiger partial charge < -0.3 is 0 Å². The van der Waals surface area contributed by atoms with E-state index in [4.69, 9.17) is 9.37 Å². The van der Waals surface area contributed by atoms with Crippen molar-refractivity contribution in [3.05, 3.63) is 18.0 Å². The molecule has 3 nitrogen and oxygen atoms in total. The second-order valence-electron chi connectivity index (χ2n) is 2.91. The third kappa shape index (κ3) is 1.40. The quantitative estimate of drug-likeness (QED) is 0.607. The van der Waals surface area contributed by atoms with Crippen molar-refractivity contribution in [3.8, 4) is 6.07 Å². The number of nitriles is 1. The zero-order chi connectivity index (χ0) is 11.0. The minimum atomic E-state index is -2.27. The molecule has 0 amide bonds. The largest absolute Gasteiger partial charge is 0.275 e. The first-order chi connectivity index (χ1) is 6.27. The van der Waals surface area contributed by atoms with E-state index in [0.29, 0.717) is 5.56 Å². The van der Waals surface area contributed by atoms with Crippen LogP contribution in [-0.2, 0) is 12.4 Å². The van der Waals surface area contributed by atoms with E-state index in [1.54, 1.807) is 13.8 Å². The molecule has 1 heterocycles. The van der Waals surface area contributed by atoms with Crippen LogP contribution < -0.4 is 0 Å². The third-order valence-electron chi connectivity index (χ3n) is 1.58. The van der Waals surface area contributed by atoms with Gasteiger partial charge in [-0.05, 0) is 13.8 Å². The Kier molecular flexibility index (Phi) is 0.988. The van der Waals surface area contributed by atoms with Crippen molar-refractivity contribution in [1.82, 2.24) is 9.78 Å². The Labute approximate surface area is 70.5 Å². The molecule has 0 aliphatic heterocycles. The maximum Gasteiger partial charge on any atom is 0.0796 e. The predicted octanol–water partition coefficient (Wildman–Crippen LogP) is 1.22. The SMILES string of the molecule is [2H]C([2H])([2H])n1cc(C(C)(C)C#N)cn1. The van der Waals surface area contributed by atoms with Gasteiger partial charge in [0.1, 0.15) is 0 Å². The van der Waals surface area contributed by atoms with Crippen LogP contribution >= 0.6 is 0 Å². The lowest BCUT2D eigenvalue weighted by atomic mass is 9.89. The predicted molar refractivity (Wildman–Crippen MR) is 41.8 cm³/mol. The molecular formula is C8H11N3. The van der Waals surface area contributed by atoms with Crippen molar-refractivity contribution >= 4 is 0 Å². The van der Waals surface area contributed by atoms with Gasteiger partial charge in [-0.2, -0.15) is 10.4 Å². The molecular weight excluding hydrogens is 138 g/mol. The van der Waals surface area contributed by atoms with Gasteiger partial charge in [-0.3, -0.25) is 4.68 Å². The fourth-order valence-corrected chi connectivity index (χ4v) is 0.710. The standard InChI is InChI=1S/C8H11N3/c1-8(2,6-9)7-4-10-11(3)5-7/h4-5H,1-3H3/i3D3. The first kappa shape index (κ1) is 4.55. The first-order valence-electron chi connectivity index (χ1n) is 4.74. The molecule has 3 heteroatoms. The molecule has 0 aliphatic rings. The van der Waals surface area contributed by atoms with Crippen LogP contribution in [0.15, 0.2) is 12.4 Å². The summed E-state index contributed by atoms with van der Waals surface area (Å²) in [7, 11) is 0. The van der Waals surface area contributed by atoms with Crippen molar-refractivity contribution in [2.24, 2.45) is 6.98 Å². The van der Waals surface area contributed by atoms with E-state index in [9.17, 15) is 0 Å². The van der Waals surface area contributed by atoms with Gasteiger partial charge in [0.2, 0.25) is 0 Å². The average molecular weight is 152 g/mol. The van der Waals surface area contributed by atoms with E-state index in [0.717, 1.165) is 4.68 Å². The van der Waals surface area contributed by atoms with Gasteiger partial charge in [-0.1, -0.05) is 0 Å². The summed E-state index contributed by atoms with van der Waals surface area (Å²) in [6, 6.07) is 2.09. The molecule has 1 aromatic heterocycles. The van der Waals surface area contributed by atoms with E-state index < -0.39 is 12.4 Å². The maximum atomic E-state index is 8.83. The number of hydrogen-bond acceptors (Lipinski definition) is 2. The van der Waals surface area contributed by atoms with Gasteiger partial charge in [-0.15, -0.1) is 0 Å². The van der Waals surface area contributed by atoms with E-state index in [-0.39, 0.29) is 0 Å². The van der Waals surface area contributed by atoms with Gasteiger partial charge in [0.05, 0.1) is 17.7 Å².